The SMILES string of the molecule is C[C@](C(=O)O)(c1cccc2ccccc12)C(c1cccc2ccccc12)c1cccc2ccccc12. The lowest BCUT2D eigenvalue weighted by molar-refractivity contribution is -0.143. The predicted octanol–water partition coefficient (Wildman–Crippen LogP) is 8.32. The molecule has 0 bridgehead atoms. The minimum atomic E-state index is -1.24. The molecule has 0 aliphatic carbocycles. The summed E-state index contributed by atoms with van der Waals surface area (Å²) in [4.78, 5) is 13.5. The third-order valence-corrected chi connectivity index (χ3v) is 7.64. The molecule has 2 heteroatoms. The van der Waals surface area contributed by atoms with E-state index in [0.29, 0.717) is 0 Å². The fraction of sp³-hybridized carbons (Fsp3) is 0.0882. The molecule has 0 heterocycles. The van der Waals surface area contributed by atoms with E-state index in [1.807, 2.05) is 85.8 Å². The maximum atomic E-state index is 13.5. The average Bonchev–Trinajstić information content (AvgIpc) is 2.93. The van der Waals surface area contributed by atoms with E-state index in [0.717, 1.165) is 49.0 Å². The smallest absolute Gasteiger partial charge is 0.314 e. The van der Waals surface area contributed by atoms with Gasteiger partial charge < -0.3 is 5.11 Å². The van der Waals surface area contributed by atoms with Crippen molar-refractivity contribution >= 4 is 38.3 Å². The van der Waals surface area contributed by atoms with E-state index in [4.69, 9.17) is 0 Å². The van der Waals surface area contributed by atoms with Crippen LogP contribution in [0.3, 0.4) is 0 Å². The third kappa shape index (κ3) is 3.37. The molecule has 36 heavy (non-hydrogen) atoms. The van der Waals surface area contributed by atoms with Crippen LogP contribution in [0, 0.1) is 0 Å². The molecule has 6 aromatic rings. The minimum absolute atomic E-state index is 0.432. The topological polar surface area (TPSA) is 37.3 Å². The molecule has 0 amide bonds. The van der Waals surface area contributed by atoms with Gasteiger partial charge in [-0.2, -0.15) is 0 Å². The molecule has 0 aliphatic rings. The highest BCUT2D eigenvalue weighted by molar-refractivity contribution is 5.97. The quantitative estimate of drug-likeness (QED) is 0.277. The lowest BCUT2D eigenvalue weighted by atomic mass is 9.64. The highest BCUT2D eigenvalue weighted by Crippen LogP contribution is 2.49. The van der Waals surface area contributed by atoms with Gasteiger partial charge in [0.25, 0.3) is 0 Å². The Morgan fingerprint density at radius 3 is 1.44 bits per heavy atom. The standard InChI is InChI=1S/C34H26O2/c1-34(33(35)36,31-22-10-16-25-13-4-7-19-28(25)31)32(29-20-8-14-23-11-2-5-17-26(23)29)30-21-9-15-24-12-3-6-18-27(24)30/h2-22,32H,1H3,(H,35,36)/t34-/m0/s1. The number of carboxylic acid groups (broad SMARTS) is 1. The fourth-order valence-electron chi connectivity index (χ4n) is 5.87. The van der Waals surface area contributed by atoms with Crippen LogP contribution in [0.25, 0.3) is 32.3 Å². The van der Waals surface area contributed by atoms with Gasteiger partial charge in [0.1, 0.15) is 5.41 Å². The number of carboxylic acids is 1. The van der Waals surface area contributed by atoms with Crippen LogP contribution in [0.2, 0.25) is 0 Å². The second kappa shape index (κ2) is 8.66. The van der Waals surface area contributed by atoms with Gasteiger partial charge in [0.05, 0.1) is 0 Å². The van der Waals surface area contributed by atoms with E-state index in [1.54, 1.807) is 0 Å². The number of carbonyl (C=O) groups is 1. The summed E-state index contributed by atoms with van der Waals surface area (Å²) in [5, 5.41) is 17.4. The van der Waals surface area contributed by atoms with Crippen LogP contribution in [0.5, 0.6) is 0 Å². The van der Waals surface area contributed by atoms with Crippen molar-refractivity contribution in [3.8, 4) is 0 Å². The zero-order valence-corrected chi connectivity index (χ0v) is 20.1. The largest absolute Gasteiger partial charge is 0.481 e. The second-order valence-corrected chi connectivity index (χ2v) is 9.60. The molecule has 0 fully saturated rings. The normalized spacial score (nSPS) is 13.3. The lowest BCUT2D eigenvalue weighted by Gasteiger charge is -2.37. The molecule has 0 saturated heterocycles. The molecule has 0 radical (unpaired) electrons. The fourth-order valence-corrected chi connectivity index (χ4v) is 5.87. The van der Waals surface area contributed by atoms with Crippen LogP contribution < -0.4 is 0 Å². The van der Waals surface area contributed by atoms with Crippen molar-refractivity contribution in [2.24, 2.45) is 0 Å². The summed E-state index contributed by atoms with van der Waals surface area (Å²) < 4.78 is 0. The van der Waals surface area contributed by atoms with Crippen LogP contribution in [-0.2, 0) is 10.2 Å². The highest BCUT2D eigenvalue weighted by Gasteiger charge is 2.46. The van der Waals surface area contributed by atoms with Crippen LogP contribution in [0.15, 0.2) is 127 Å². The minimum Gasteiger partial charge on any atom is -0.481 e. The van der Waals surface area contributed by atoms with Crippen LogP contribution >= 0.6 is 0 Å². The van der Waals surface area contributed by atoms with E-state index in [9.17, 15) is 9.90 Å². The molecule has 1 atom stereocenters. The molecule has 1 N–H and O–H groups in total. The summed E-state index contributed by atoms with van der Waals surface area (Å²) in [6, 6.07) is 43.1. The summed E-state index contributed by atoms with van der Waals surface area (Å²) in [5.41, 5.74) is 1.61. The summed E-state index contributed by atoms with van der Waals surface area (Å²) in [6.45, 7) is 1.89. The monoisotopic (exact) mass is 466 g/mol. The molecule has 6 rings (SSSR count). The van der Waals surface area contributed by atoms with Gasteiger partial charge in [-0.25, -0.2) is 0 Å². The van der Waals surface area contributed by atoms with Crippen molar-refractivity contribution in [1.82, 2.24) is 0 Å². The summed E-state index contributed by atoms with van der Waals surface area (Å²) >= 11 is 0. The van der Waals surface area contributed by atoms with Crippen LogP contribution in [0.1, 0.15) is 29.5 Å². The van der Waals surface area contributed by atoms with Crippen molar-refractivity contribution in [3.05, 3.63) is 144 Å². The number of fused-ring (bicyclic) bond motifs is 3. The van der Waals surface area contributed by atoms with Gasteiger partial charge >= 0.3 is 5.97 Å². The van der Waals surface area contributed by atoms with Gasteiger partial charge in [0, 0.05) is 5.92 Å². The number of hydrogen-bond acceptors (Lipinski definition) is 1. The Balaban J connectivity index is 1.77. The molecule has 6 aromatic carbocycles. The van der Waals surface area contributed by atoms with E-state index >= 15 is 0 Å². The molecule has 0 aliphatic heterocycles. The molecular formula is C34H26O2. The van der Waals surface area contributed by atoms with Crippen LogP contribution in [0.4, 0.5) is 0 Å². The number of benzene rings is 6. The van der Waals surface area contributed by atoms with Gasteiger partial charge in [-0.05, 0) is 55.9 Å². The zero-order chi connectivity index (χ0) is 24.7. The van der Waals surface area contributed by atoms with E-state index < -0.39 is 17.3 Å². The van der Waals surface area contributed by atoms with Gasteiger partial charge in [-0.15, -0.1) is 0 Å². The van der Waals surface area contributed by atoms with Gasteiger partial charge in [-0.3, -0.25) is 4.79 Å². The Kier molecular flexibility index (Phi) is 5.30. The molecular weight excluding hydrogens is 440 g/mol. The zero-order valence-electron chi connectivity index (χ0n) is 20.1. The van der Waals surface area contributed by atoms with Gasteiger partial charge in [0.2, 0.25) is 0 Å². The Morgan fingerprint density at radius 2 is 0.944 bits per heavy atom. The first-order valence-electron chi connectivity index (χ1n) is 12.3. The summed E-state index contributed by atoms with van der Waals surface area (Å²) in [6.07, 6.45) is 0. The Bertz CT molecular complexity index is 1650. The van der Waals surface area contributed by atoms with Gasteiger partial charge in [-0.1, -0.05) is 127 Å². The van der Waals surface area contributed by atoms with Crippen molar-refractivity contribution in [1.29, 1.82) is 0 Å². The van der Waals surface area contributed by atoms with E-state index in [-0.39, 0.29) is 0 Å². The molecule has 0 unspecified atom stereocenters. The second-order valence-electron chi connectivity index (χ2n) is 9.60. The molecule has 174 valence electrons. The Morgan fingerprint density at radius 1 is 0.556 bits per heavy atom. The van der Waals surface area contributed by atoms with E-state index in [1.165, 1.54) is 0 Å². The van der Waals surface area contributed by atoms with Crippen molar-refractivity contribution in [2.75, 3.05) is 0 Å². The summed E-state index contributed by atoms with van der Waals surface area (Å²) in [7, 11) is 0. The number of aliphatic carboxylic acids is 1. The number of rotatable bonds is 5. The molecule has 0 spiro atoms. The summed E-state index contributed by atoms with van der Waals surface area (Å²) in [5.74, 6) is -1.28. The number of hydrogen-bond donors (Lipinski definition) is 1. The molecule has 2 nitrogen and oxygen atoms in total. The first kappa shape index (κ1) is 22.1. The van der Waals surface area contributed by atoms with Crippen molar-refractivity contribution in [2.45, 2.75) is 18.3 Å². The maximum absolute atomic E-state index is 13.5. The first-order chi connectivity index (χ1) is 17.6. The van der Waals surface area contributed by atoms with Crippen molar-refractivity contribution in [3.63, 3.8) is 0 Å². The Labute approximate surface area is 210 Å². The Hall–Kier alpha value is -4.43. The molecule has 0 aromatic heterocycles. The van der Waals surface area contributed by atoms with Crippen molar-refractivity contribution < 1.29 is 9.90 Å². The highest BCUT2D eigenvalue weighted by atomic mass is 16.4. The average molecular weight is 467 g/mol. The molecule has 0 saturated carbocycles. The third-order valence-electron chi connectivity index (χ3n) is 7.64. The van der Waals surface area contributed by atoms with Crippen LogP contribution in [-0.4, -0.2) is 11.1 Å². The lowest BCUT2D eigenvalue weighted by Crippen LogP contribution is -2.40. The van der Waals surface area contributed by atoms with E-state index in [2.05, 4.69) is 48.5 Å². The van der Waals surface area contributed by atoms with Gasteiger partial charge in [0.15, 0.2) is 0 Å². The first-order valence-corrected chi connectivity index (χ1v) is 12.3. The predicted molar refractivity (Wildman–Crippen MR) is 149 cm³/mol. The maximum Gasteiger partial charge on any atom is 0.314 e.